The number of aryl methyl sites for hydroxylation is 1. The fourth-order valence-electron chi connectivity index (χ4n) is 1.81. The van der Waals surface area contributed by atoms with Crippen LogP contribution in [0.1, 0.15) is 12.5 Å². The van der Waals surface area contributed by atoms with Crippen LogP contribution in [0.5, 0.6) is 5.88 Å². The van der Waals surface area contributed by atoms with E-state index in [0.29, 0.717) is 5.88 Å². The molecule has 0 aliphatic rings. The van der Waals surface area contributed by atoms with Crippen LogP contribution in [0.15, 0.2) is 36.5 Å². The number of carbonyl (C=O) groups is 2. The summed E-state index contributed by atoms with van der Waals surface area (Å²) < 4.78 is 7.22. The average Bonchev–Trinajstić information content (AvgIpc) is 2.86. The summed E-state index contributed by atoms with van der Waals surface area (Å²) in [5, 5.41) is 6.71. The Labute approximate surface area is 128 Å². The third-order valence-electron chi connectivity index (χ3n) is 2.97. The molecule has 22 heavy (non-hydrogen) atoms. The van der Waals surface area contributed by atoms with Crippen LogP contribution in [0.4, 0.5) is 0 Å². The van der Waals surface area contributed by atoms with E-state index in [1.807, 2.05) is 43.5 Å². The van der Waals surface area contributed by atoms with Crippen molar-refractivity contribution in [2.75, 3.05) is 6.54 Å². The van der Waals surface area contributed by atoms with E-state index in [0.717, 1.165) is 11.3 Å². The summed E-state index contributed by atoms with van der Waals surface area (Å²) in [6.45, 7) is 3.21. The highest BCUT2D eigenvalue weighted by Gasteiger charge is 2.18. The van der Waals surface area contributed by atoms with Gasteiger partial charge in [0.1, 0.15) is 0 Å². The molecule has 7 nitrogen and oxygen atoms in total. The monoisotopic (exact) mass is 302 g/mol. The zero-order valence-electron chi connectivity index (χ0n) is 12.4. The van der Waals surface area contributed by atoms with Gasteiger partial charge in [0.25, 0.3) is 5.91 Å². The van der Waals surface area contributed by atoms with Crippen molar-refractivity contribution in [2.45, 2.75) is 20.0 Å². The van der Waals surface area contributed by atoms with E-state index < -0.39 is 17.9 Å². The summed E-state index contributed by atoms with van der Waals surface area (Å²) in [5.74, 6) is -0.664. The maximum atomic E-state index is 11.8. The number of benzene rings is 1. The van der Waals surface area contributed by atoms with Gasteiger partial charge >= 0.3 is 0 Å². The van der Waals surface area contributed by atoms with Crippen LogP contribution in [0.25, 0.3) is 5.69 Å². The van der Waals surface area contributed by atoms with Gasteiger partial charge in [0.05, 0.1) is 12.2 Å². The second-order valence-electron chi connectivity index (χ2n) is 4.84. The first kappa shape index (κ1) is 15.6. The molecule has 2 rings (SSSR count). The fourth-order valence-corrected chi connectivity index (χ4v) is 1.81. The Morgan fingerprint density at radius 3 is 2.68 bits per heavy atom. The molecule has 0 saturated carbocycles. The molecule has 2 aromatic rings. The van der Waals surface area contributed by atoms with E-state index >= 15 is 0 Å². The second-order valence-corrected chi connectivity index (χ2v) is 4.84. The van der Waals surface area contributed by atoms with Gasteiger partial charge in [-0.25, -0.2) is 4.68 Å². The van der Waals surface area contributed by atoms with Crippen LogP contribution >= 0.6 is 0 Å². The molecule has 0 aliphatic carbocycles. The summed E-state index contributed by atoms with van der Waals surface area (Å²) in [7, 11) is 0. The van der Waals surface area contributed by atoms with E-state index in [1.165, 1.54) is 0 Å². The van der Waals surface area contributed by atoms with Crippen molar-refractivity contribution >= 4 is 11.8 Å². The maximum absolute atomic E-state index is 11.8. The lowest BCUT2D eigenvalue weighted by Crippen LogP contribution is -2.40. The third-order valence-corrected chi connectivity index (χ3v) is 2.97. The molecular weight excluding hydrogens is 284 g/mol. The molecule has 116 valence electrons. The molecule has 0 aliphatic heterocycles. The van der Waals surface area contributed by atoms with Crippen molar-refractivity contribution in [1.29, 1.82) is 0 Å². The quantitative estimate of drug-likeness (QED) is 0.814. The number of para-hydroxylation sites is 1. The number of ether oxygens (including phenoxy) is 1. The van der Waals surface area contributed by atoms with Gasteiger partial charge in [-0.2, -0.15) is 0 Å². The Morgan fingerprint density at radius 2 is 2.05 bits per heavy atom. The van der Waals surface area contributed by atoms with Gasteiger partial charge in [0.15, 0.2) is 6.10 Å². The molecule has 1 aromatic heterocycles. The lowest BCUT2D eigenvalue weighted by molar-refractivity contribution is -0.129. The molecule has 0 radical (unpaired) electrons. The van der Waals surface area contributed by atoms with Crippen molar-refractivity contribution in [1.82, 2.24) is 15.1 Å². The predicted octanol–water partition coefficient (Wildman–Crippen LogP) is 0.550. The van der Waals surface area contributed by atoms with Crippen molar-refractivity contribution in [3.63, 3.8) is 0 Å². The Balaban J connectivity index is 2.06. The topological polar surface area (TPSA) is 99.2 Å². The number of carbonyl (C=O) groups excluding carboxylic acids is 2. The molecule has 7 heteroatoms. The van der Waals surface area contributed by atoms with Crippen molar-refractivity contribution in [2.24, 2.45) is 5.73 Å². The Kier molecular flexibility index (Phi) is 4.77. The zero-order valence-corrected chi connectivity index (χ0v) is 12.4. The maximum Gasteiger partial charge on any atom is 0.261 e. The Bertz CT molecular complexity index is 667. The summed E-state index contributed by atoms with van der Waals surface area (Å²) >= 11 is 0. The largest absolute Gasteiger partial charge is 0.463 e. The smallest absolute Gasteiger partial charge is 0.261 e. The molecule has 0 spiro atoms. The highest BCUT2D eigenvalue weighted by Crippen LogP contribution is 2.19. The summed E-state index contributed by atoms with van der Waals surface area (Å²) in [6.07, 6.45) is 1.04. The zero-order chi connectivity index (χ0) is 16.1. The minimum Gasteiger partial charge on any atom is -0.463 e. The number of amides is 2. The number of rotatable bonds is 6. The molecule has 0 saturated heterocycles. The normalized spacial score (nSPS) is 11.7. The minimum absolute atomic E-state index is 0.218. The highest BCUT2D eigenvalue weighted by atomic mass is 16.5. The van der Waals surface area contributed by atoms with Crippen molar-refractivity contribution in [3.8, 4) is 11.6 Å². The van der Waals surface area contributed by atoms with E-state index in [9.17, 15) is 9.59 Å². The Morgan fingerprint density at radius 1 is 1.36 bits per heavy atom. The van der Waals surface area contributed by atoms with Gasteiger partial charge in [0, 0.05) is 11.8 Å². The summed E-state index contributed by atoms with van der Waals surface area (Å²) in [5.41, 5.74) is 6.67. The van der Waals surface area contributed by atoms with Gasteiger partial charge in [-0.1, -0.05) is 18.2 Å². The fraction of sp³-hybridized carbons (Fsp3) is 0.267. The van der Waals surface area contributed by atoms with Crippen LogP contribution in [-0.2, 0) is 9.59 Å². The minimum atomic E-state index is -0.780. The molecule has 1 atom stereocenters. The van der Waals surface area contributed by atoms with Crippen LogP contribution in [0, 0.1) is 6.92 Å². The van der Waals surface area contributed by atoms with Crippen molar-refractivity contribution < 1.29 is 14.3 Å². The SMILES string of the molecule is Cc1cn(-c2ccccc2)nc1OC(C)C(=O)NCC(N)=O. The van der Waals surface area contributed by atoms with Gasteiger partial charge in [-0.3, -0.25) is 9.59 Å². The van der Waals surface area contributed by atoms with Gasteiger partial charge in [0.2, 0.25) is 11.8 Å². The van der Waals surface area contributed by atoms with Gasteiger partial charge in [-0.15, -0.1) is 5.10 Å². The molecule has 0 bridgehead atoms. The third kappa shape index (κ3) is 3.85. The predicted molar refractivity (Wildman–Crippen MR) is 80.6 cm³/mol. The van der Waals surface area contributed by atoms with Crippen molar-refractivity contribution in [3.05, 3.63) is 42.1 Å². The lowest BCUT2D eigenvalue weighted by atomic mass is 10.3. The van der Waals surface area contributed by atoms with Crippen LogP contribution in [0.3, 0.4) is 0 Å². The van der Waals surface area contributed by atoms with E-state index in [2.05, 4.69) is 10.4 Å². The number of nitrogens with one attached hydrogen (secondary N) is 1. The van der Waals surface area contributed by atoms with E-state index in [1.54, 1.807) is 11.6 Å². The molecule has 1 unspecified atom stereocenters. The standard InChI is InChI=1S/C15H18N4O3/c1-10-9-19(12-6-4-3-5-7-12)18-15(10)22-11(2)14(21)17-8-13(16)20/h3-7,9,11H,8H2,1-2H3,(H2,16,20)(H,17,21). The van der Waals surface area contributed by atoms with Crippen LogP contribution < -0.4 is 15.8 Å². The number of primary amides is 1. The molecule has 3 N–H and O–H groups in total. The van der Waals surface area contributed by atoms with Gasteiger partial charge in [-0.05, 0) is 26.0 Å². The molecular formula is C15H18N4O3. The second kappa shape index (κ2) is 6.75. The number of hydrogen-bond acceptors (Lipinski definition) is 4. The van der Waals surface area contributed by atoms with Gasteiger partial charge < -0.3 is 15.8 Å². The van der Waals surface area contributed by atoms with E-state index in [-0.39, 0.29) is 6.54 Å². The first-order valence-electron chi connectivity index (χ1n) is 6.81. The van der Waals surface area contributed by atoms with Crippen LogP contribution in [0.2, 0.25) is 0 Å². The number of nitrogens with two attached hydrogens (primary N) is 1. The average molecular weight is 302 g/mol. The van der Waals surface area contributed by atoms with E-state index in [4.69, 9.17) is 10.5 Å². The molecule has 1 aromatic carbocycles. The Hall–Kier alpha value is -2.83. The molecule has 0 fully saturated rings. The molecule has 2 amide bonds. The lowest BCUT2D eigenvalue weighted by Gasteiger charge is -2.12. The summed E-state index contributed by atoms with van der Waals surface area (Å²) in [4.78, 5) is 22.4. The summed E-state index contributed by atoms with van der Waals surface area (Å²) in [6, 6.07) is 9.57. The number of hydrogen-bond donors (Lipinski definition) is 2. The molecule has 1 heterocycles. The first-order valence-corrected chi connectivity index (χ1v) is 6.81. The number of nitrogens with zero attached hydrogens (tertiary/aromatic N) is 2. The number of aromatic nitrogens is 2. The first-order chi connectivity index (χ1) is 10.5. The highest BCUT2D eigenvalue weighted by molar-refractivity contribution is 5.86. The van der Waals surface area contributed by atoms with Crippen LogP contribution in [-0.4, -0.2) is 34.2 Å².